The average molecular weight is 155 g/mol. The van der Waals surface area contributed by atoms with E-state index in [1.807, 2.05) is 0 Å². The SMILES string of the molecule is C=C(CC(=C)C(=O)O)C(N)=O. The third kappa shape index (κ3) is 3.20. The van der Waals surface area contributed by atoms with E-state index in [2.05, 4.69) is 13.2 Å². The summed E-state index contributed by atoms with van der Waals surface area (Å²) in [5, 5.41) is 8.32. The van der Waals surface area contributed by atoms with Gasteiger partial charge in [-0.2, -0.15) is 0 Å². The lowest BCUT2D eigenvalue weighted by Crippen LogP contribution is -2.14. The first kappa shape index (κ1) is 9.42. The molecule has 0 spiro atoms. The second kappa shape index (κ2) is 3.55. The molecule has 0 unspecified atom stereocenters. The maximum absolute atomic E-state index is 10.3. The molecule has 60 valence electrons. The molecule has 0 radical (unpaired) electrons. The van der Waals surface area contributed by atoms with Gasteiger partial charge in [-0.15, -0.1) is 0 Å². The molecule has 0 bridgehead atoms. The van der Waals surface area contributed by atoms with Crippen LogP contribution in [0.3, 0.4) is 0 Å². The fraction of sp³-hybridized carbons (Fsp3) is 0.143. The van der Waals surface area contributed by atoms with Crippen molar-refractivity contribution in [1.82, 2.24) is 0 Å². The van der Waals surface area contributed by atoms with Crippen LogP contribution >= 0.6 is 0 Å². The molecule has 4 nitrogen and oxygen atoms in total. The molecule has 11 heavy (non-hydrogen) atoms. The molecule has 1 amide bonds. The molecule has 4 heteroatoms. The number of rotatable bonds is 4. The third-order valence-corrected chi connectivity index (χ3v) is 1.08. The molecule has 3 N–H and O–H groups in total. The van der Waals surface area contributed by atoms with Crippen molar-refractivity contribution in [3.05, 3.63) is 24.3 Å². The molecule has 0 aromatic rings. The zero-order valence-electron chi connectivity index (χ0n) is 5.96. The van der Waals surface area contributed by atoms with E-state index in [1.54, 1.807) is 0 Å². The summed E-state index contributed by atoms with van der Waals surface area (Å²) in [7, 11) is 0. The van der Waals surface area contributed by atoms with Gasteiger partial charge in [0.1, 0.15) is 0 Å². The monoisotopic (exact) mass is 155 g/mol. The van der Waals surface area contributed by atoms with Crippen LogP contribution in [0.1, 0.15) is 6.42 Å². The number of carboxylic acid groups (broad SMARTS) is 1. The van der Waals surface area contributed by atoms with Gasteiger partial charge >= 0.3 is 5.97 Å². The Labute approximate surface area is 64.0 Å². The molecule has 0 aliphatic carbocycles. The van der Waals surface area contributed by atoms with Crippen molar-refractivity contribution in [2.75, 3.05) is 0 Å². The Bertz CT molecular complexity index is 206. The van der Waals surface area contributed by atoms with Gasteiger partial charge in [-0.1, -0.05) is 13.2 Å². The molecule has 0 saturated carbocycles. The second-order valence-electron chi connectivity index (χ2n) is 2.05. The first-order chi connectivity index (χ1) is 4.95. The first-order valence-corrected chi connectivity index (χ1v) is 2.83. The molecular weight excluding hydrogens is 146 g/mol. The zero-order chi connectivity index (χ0) is 9.02. The Morgan fingerprint density at radius 1 is 1.27 bits per heavy atom. The van der Waals surface area contributed by atoms with Crippen molar-refractivity contribution < 1.29 is 14.7 Å². The molecule has 0 aromatic carbocycles. The van der Waals surface area contributed by atoms with Crippen molar-refractivity contribution in [2.45, 2.75) is 6.42 Å². The predicted molar refractivity (Wildman–Crippen MR) is 39.7 cm³/mol. The fourth-order valence-corrected chi connectivity index (χ4v) is 0.420. The molecule has 0 aliphatic rings. The van der Waals surface area contributed by atoms with Gasteiger partial charge in [-0.3, -0.25) is 4.79 Å². The van der Waals surface area contributed by atoms with E-state index < -0.39 is 11.9 Å². The quantitative estimate of drug-likeness (QED) is 0.563. The molecule has 0 heterocycles. The van der Waals surface area contributed by atoms with Crippen LogP contribution in [0, 0.1) is 0 Å². The average Bonchev–Trinajstić information content (AvgIpc) is 1.87. The van der Waals surface area contributed by atoms with Crippen LogP contribution in [0.4, 0.5) is 0 Å². The molecule has 0 rings (SSSR count). The van der Waals surface area contributed by atoms with Crippen LogP contribution in [0.5, 0.6) is 0 Å². The second-order valence-corrected chi connectivity index (χ2v) is 2.05. The molecule has 0 atom stereocenters. The van der Waals surface area contributed by atoms with E-state index in [9.17, 15) is 9.59 Å². The highest BCUT2D eigenvalue weighted by molar-refractivity contribution is 5.95. The smallest absolute Gasteiger partial charge is 0.331 e. The minimum atomic E-state index is -1.15. The van der Waals surface area contributed by atoms with Gasteiger partial charge < -0.3 is 10.8 Å². The number of amides is 1. The first-order valence-electron chi connectivity index (χ1n) is 2.83. The van der Waals surface area contributed by atoms with E-state index >= 15 is 0 Å². The highest BCUT2D eigenvalue weighted by Gasteiger charge is 2.08. The number of carbonyl (C=O) groups is 2. The third-order valence-electron chi connectivity index (χ3n) is 1.08. The lowest BCUT2D eigenvalue weighted by Gasteiger charge is -1.99. The highest BCUT2D eigenvalue weighted by atomic mass is 16.4. The zero-order valence-corrected chi connectivity index (χ0v) is 5.96. The van der Waals surface area contributed by atoms with E-state index in [1.165, 1.54) is 0 Å². The maximum Gasteiger partial charge on any atom is 0.331 e. The summed E-state index contributed by atoms with van der Waals surface area (Å²) < 4.78 is 0. The number of hydrogen-bond donors (Lipinski definition) is 2. The summed E-state index contributed by atoms with van der Waals surface area (Å²) >= 11 is 0. The van der Waals surface area contributed by atoms with Crippen molar-refractivity contribution in [2.24, 2.45) is 5.73 Å². The predicted octanol–water partition coefficient (Wildman–Crippen LogP) is 0.0588. The van der Waals surface area contributed by atoms with Crippen molar-refractivity contribution in [3.8, 4) is 0 Å². The summed E-state index contributed by atoms with van der Waals surface area (Å²) in [4.78, 5) is 20.5. The van der Waals surface area contributed by atoms with Gasteiger partial charge in [0.2, 0.25) is 5.91 Å². The van der Waals surface area contributed by atoms with Gasteiger partial charge in [-0.25, -0.2) is 4.79 Å². The Balaban J connectivity index is 4.07. The topological polar surface area (TPSA) is 80.4 Å². The Hall–Kier alpha value is -1.58. The Morgan fingerprint density at radius 2 is 1.73 bits per heavy atom. The normalized spacial score (nSPS) is 8.73. The standard InChI is InChI=1S/C7H9NO3/c1-4(6(8)9)3-5(2)7(10)11/h1-3H2,(H2,8,9)(H,10,11). The molecular formula is C7H9NO3. The highest BCUT2D eigenvalue weighted by Crippen LogP contribution is 2.05. The number of aliphatic carboxylic acids is 1. The summed E-state index contributed by atoms with van der Waals surface area (Å²) in [5.41, 5.74) is 4.78. The van der Waals surface area contributed by atoms with E-state index in [0.29, 0.717) is 0 Å². The summed E-state index contributed by atoms with van der Waals surface area (Å²) in [6.45, 7) is 6.49. The van der Waals surface area contributed by atoms with Crippen LogP contribution in [-0.2, 0) is 9.59 Å². The molecule has 0 saturated heterocycles. The van der Waals surface area contributed by atoms with Gasteiger partial charge in [0.15, 0.2) is 0 Å². The summed E-state index contributed by atoms with van der Waals surface area (Å²) in [6.07, 6.45) is -0.0787. The van der Waals surface area contributed by atoms with Gasteiger partial charge in [0, 0.05) is 17.6 Å². The van der Waals surface area contributed by atoms with Crippen molar-refractivity contribution in [1.29, 1.82) is 0 Å². The molecule has 0 fully saturated rings. The summed E-state index contributed by atoms with van der Waals surface area (Å²) in [6, 6.07) is 0. The molecule has 0 aromatic heterocycles. The largest absolute Gasteiger partial charge is 0.478 e. The van der Waals surface area contributed by atoms with E-state index in [0.717, 1.165) is 0 Å². The number of hydrogen-bond acceptors (Lipinski definition) is 2. The van der Waals surface area contributed by atoms with Crippen LogP contribution in [0.2, 0.25) is 0 Å². The van der Waals surface area contributed by atoms with Crippen molar-refractivity contribution in [3.63, 3.8) is 0 Å². The number of carbonyl (C=O) groups excluding carboxylic acids is 1. The molecule has 0 aliphatic heterocycles. The van der Waals surface area contributed by atoms with Gasteiger partial charge in [0.25, 0.3) is 0 Å². The fourth-order valence-electron chi connectivity index (χ4n) is 0.420. The number of nitrogens with two attached hydrogens (primary N) is 1. The van der Waals surface area contributed by atoms with Crippen LogP contribution in [0.25, 0.3) is 0 Å². The van der Waals surface area contributed by atoms with Crippen LogP contribution < -0.4 is 5.73 Å². The minimum Gasteiger partial charge on any atom is -0.478 e. The minimum absolute atomic E-state index is 0.0531. The maximum atomic E-state index is 10.3. The Morgan fingerprint density at radius 3 is 2.00 bits per heavy atom. The Kier molecular flexibility index (Phi) is 3.04. The lowest BCUT2D eigenvalue weighted by molar-refractivity contribution is -0.132. The van der Waals surface area contributed by atoms with Gasteiger partial charge in [-0.05, 0) is 0 Å². The number of carboxylic acids is 1. The van der Waals surface area contributed by atoms with E-state index in [-0.39, 0.29) is 17.6 Å². The van der Waals surface area contributed by atoms with E-state index in [4.69, 9.17) is 10.8 Å². The van der Waals surface area contributed by atoms with Crippen LogP contribution in [0.15, 0.2) is 24.3 Å². The number of primary amides is 1. The van der Waals surface area contributed by atoms with Crippen LogP contribution in [-0.4, -0.2) is 17.0 Å². The van der Waals surface area contributed by atoms with Crippen molar-refractivity contribution >= 4 is 11.9 Å². The lowest BCUT2D eigenvalue weighted by atomic mass is 10.1. The summed E-state index contributed by atoms with van der Waals surface area (Å²) in [5.74, 6) is -1.85. The van der Waals surface area contributed by atoms with Gasteiger partial charge in [0.05, 0.1) is 0 Å².